The van der Waals surface area contributed by atoms with Crippen molar-refractivity contribution in [2.75, 3.05) is 6.54 Å². The monoisotopic (exact) mass is 336 g/mol. The van der Waals surface area contributed by atoms with Gasteiger partial charge in [-0.05, 0) is 24.5 Å². The molecule has 5 nitrogen and oxygen atoms in total. The molecule has 0 bridgehead atoms. The Morgan fingerprint density at radius 3 is 2.48 bits per heavy atom. The van der Waals surface area contributed by atoms with E-state index in [-0.39, 0.29) is 17.7 Å². The van der Waals surface area contributed by atoms with Crippen LogP contribution >= 0.6 is 11.6 Å². The van der Waals surface area contributed by atoms with Crippen molar-refractivity contribution in [1.29, 1.82) is 0 Å². The maximum Gasteiger partial charge on any atom is 0.229 e. The number of hydrogen-bond donors (Lipinski definition) is 1. The Kier molecular flexibility index (Phi) is 6.59. The van der Waals surface area contributed by atoms with Crippen LogP contribution in [-0.2, 0) is 20.9 Å². The summed E-state index contributed by atoms with van der Waals surface area (Å²) in [5, 5.41) is 3.49. The van der Waals surface area contributed by atoms with Crippen LogP contribution in [0.4, 0.5) is 0 Å². The van der Waals surface area contributed by atoms with Crippen LogP contribution in [0.25, 0.3) is 0 Å². The Morgan fingerprint density at radius 2 is 1.78 bits per heavy atom. The second-order valence-electron chi connectivity index (χ2n) is 5.62. The van der Waals surface area contributed by atoms with Crippen molar-refractivity contribution in [3.05, 3.63) is 34.9 Å². The van der Waals surface area contributed by atoms with E-state index in [2.05, 4.69) is 5.32 Å². The van der Waals surface area contributed by atoms with E-state index < -0.39 is 0 Å². The first-order chi connectivity index (χ1) is 11.1. The van der Waals surface area contributed by atoms with Gasteiger partial charge in [0.25, 0.3) is 0 Å². The van der Waals surface area contributed by atoms with Crippen LogP contribution in [0.3, 0.4) is 0 Å². The molecule has 6 heteroatoms. The van der Waals surface area contributed by atoms with Gasteiger partial charge in [0.15, 0.2) is 0 Å². The Morgan fingerprint density at radius 1 is 1.09 bits per heavy atom. The number of halogens is 1. The molecule has 0 atom stereocenters. The number of imide groups is 1. The van der Waals surface area contributed by atoms with Crippen LogP contribution in [0, 0.1) is 0 Å². The van der Waals surface area contributed by atoms with E-state index in [1.807, 2.05) is 18.2 Å². The van der Waals surface area contributed by atoms with E-state index in [0.29, 0.717) is 37.4 Å². The third-order valence-electron chi connectivity index (χ3n) is 3.87. The fraction of sp³-hybridized carbons (Fsp3) is 0.471. The number of benzene rings is 1. The maximum atomic E-state index is 11.8. The molecule has 3 amide bonds. The molecule has 0 aromatic heterocycles. The molecule has 1 heterocycles. The number of nitrogens with one attached hydrogen (secondary N) is 1. The smallest absolute Gasteiger partial charge is 0.229 e. The topological polar surface area (TPSA) is 66.5 Å². The van der Waals surface area contributed by atoms with Crippen molar-refractivity contribution in [3.63, 3.8) is 0 Å². The average molecular weight is 337 g/mol. The molecule has 124 valence electrons. The first kappa shape index (κ1) is 17.5. The summed E-state index contributed by atoms with van der Waals surface area (Å²) in [7, 11) is 0. The third-order valence-corrected chi connectivity index (χ3v) is 4.24. The highest BCUT2D eigenvalue weighted by molar-refractivity contribution is 6.31. The van der Waals surface area contributed by atoms with Gasteiger partial charge in [-0.1, -0.05) is 36.2 Å². The minimum Gasteiger partial charge on any atom is -0.352 e. The van der Waals surface area contributed by atoms with Gasteiger partial charge >= 0.3 is 0 Å². The third kappa shape index (κ3) is 5.36. The second kappa shape index (κ2) is 8.67. The summed E-state index contributed by atoms with van der Waals surface area (Å²) < 4.78 is 0. The summed E-state index contributed by atoms with van der Waals surface area (Å²) in [4.78, 5) is 36.0. The van der Waals surface area contributed by atoms with E-state index in [1.54, 1.807) is 6.07 Å². The average Bonchev–Trinajstić information content (AvgIpc) is 2.85. The molecular formula is C17H21ClN2O3. The molecule has 2 rings (SSSR count). The fourth-order valence-electron chi connectivity index (χ4n) is 2.53. The lowest BCUT2D eigenvalue weighted by molar-refractivity contribution is -0.138. The Labute approximate surface area is 141 Å². The summed E-state index contributed by atoms with van der Waals surface area (Å²) in [5.41, 5.74) is 0.897. The van der Waals surface area contributed by atoms with Gasteiger partial charge < -0.3 is 5.32 Å². The minimum atomic E-state index is -0.0764. The number of likely N-dealkylation sites (tertiary alicyclic amines) is 1. The van der Waals surface area contributed by atoms with Crippen molar-refractivity contribution in [3.8, 4) is 0 Å². The molecule has 0 aliphatic carbocycles. The summed E-state index contributed by atoms with van der Waals surface area (Å²) in [6, 6.07) is 7.41. The SMILES string of the molecule is O=C(CCCCCN1C(=O)CCC1=O)NCc1ccccc1Cl. The zero-order valence-corrected chi connectivity index (χ0v) is 13.8. The quantitative estimate of drug-likeness (QED) is 0.586. The molecule has 0 saturated carbocycles. The number of amides is 3. The molecule has 0 unspecified atom stereocenters. The fourth-order valence-corrected chi connectivity index (χ4v) is 2.73. The van der Waals surface area contributed by atoms with Crippen LogP contribution in [-0.4, -0.2) is 29.2 Å². The van der Waals surface area contributed by atoms with Crippen molar-refractivity contribution in [1.82, 2.24) is 10.2 Å². The van der Waals surface area contributed by atoms with E-state index >= 15 is 0 Å². The number of rotatable bonds is 8. The lowest BCUT2D eigenvalue weighted by Crippen LogP contribution is -2.30. The van der Waals surface area contributed by atoms with Gasteiger partial charge in [0, 0.05) is 37.4 Å². The summed E-state index contributed by atoms with van der Waals surface area (Å²) >= 11 is 6.03. The van der Waals surface area contributed by atoms with Crippen LogP contribution in [0.5, 0.6) is 0 Å². The zero-order valence-electron chi connectivity index (χ0n) is 13.0. The Hall–Kier alpha value is -1.88. The largest absolute Gasteiger partial charge is 0.352 e. The van der Waals surface area contributed by atoms with Gasteiger partial charge in [-0.25, -0.2) is 0 Å². The van der Waals surface area contributed by atoms with Crippen molar-refractivity contribution in [2.24, 2.45) is 0 Å². The summed E-state index contributed by atoms with van der Waals surface area (Å²) in [6.45, 7) is 0.897. The predicted molar refractivity (Wildman–Crippen MR) is 87.7 cm³/mol. The van der Waals surface area contributed by atoms with Gasteiger partial charge in [-0.3, -0.25) is 19.3 Å². The highest BCUT2D eigenvalue weighted by Gasteiger charge is 2.27. The van der Waals surface area contributed by atoms with Crippen molar-refractivity contribution < 1.29 is 14.4 Å². The van der Waals surface area contributed by atoms with Crippen LogP contribution in [0.2, 0.25) is 5.02 Å². The van der Waals surface area contributed by atoms with Crippen LogP contribution in [0.1, 0.15) is 44.1 Å². The predicted octanol–water partition coefficient (Wildman–Crippen LogP) is 2.67. The first-order valence-corrected chi connectivity index (χ1v) is 8.29. The highest BCUT2D eigenvalue weighted by Crippen LogP contribution is 2.15. The van der Waals surface area contributed by atoms with Gasteiger partial charge in [0.1, 0.15) is 0 Å². The van der Waals surface area contributed by atoms with Gasteiger partial charge in [-0.2, -0.15) is 0 Å². The number of carbonyl (C=O) groups is 3. The van der Waals surface area contributed by atoms with E-state index in [1.165, 1.54) is 4.90 Å². The lowest BCUT2D eigenvalue weighted by Gasteiger charge is -2.13. The number of unbranched alkanes of at least 4 members (excludes halogenated alkanes) is 2. The summed E-state index contributed by atoms with van der Waals surface area (Å²) in [6.07, 6.45) is 3.41. The van der Waals surface area contributed by atoms with E-state index in [9.17, 15) is 14.4 Å². The van der Waals surface area contributed by atoms with Crippen LogP contribution in [0.15, 0.2) is 24.3 Å². The molecule has 1 aromatic rings. The molecule has 1 saturated heterocycles. The van der Waals surface area contributed by atoms with Gasteiger partial charge in [0.2, 0.25) is 17.7 Å². The first-order valence-electron chi connectivity index (χ1n) is 7.91. The molecule has 1 fully saturated rings. The van der Waals surface area contributed by atoms with Crippen molar-refractivity contribution >= 4 is 29.3 Å². The number of hydrogen-bond acceptors (Lipinski definition) is 3. The minimum absolute atomic E-state index is 0.0155. The second-order valence-corrected chi connectivity index (χ2v) is 6.03. The molecule has 1 aliphatic heterocycles. The molecule has 0 radical (unpaired) electrons. The van der Waals surface area contributed by atoms with E-state index in [0.717, 1.165) is 24.8 Å². The molecule has 1 N–H and O–H groups in total. The zero-order chi connectivity index (χ0) is 16.7. The van der Waals surface area contributed by atoms with Gasteiger partial charge in [-0.15, -0.1) is 0 Å². The standard InChI is InChI=1S/C17H21ClN2O3/c18-14-7-4-3-6-13(14)12-19-15(21)8-2-1-5-11-20-16(22)9-10-17(20)23/h3-4,6-7H,1-2,5,8-12H2,(H,19,21). The molecular weight excluding hydrogens is 316 g/mol. The molecule has 23 heavy (non-hydrogen) atoms. The molecule has 1 aromatic carbocycles. The molecule has 1 aliphatic rings. The van der Waals surface area contributed by atoms with Crippen LogP contribution < -0.4 is 5.32 Å². The maximum absolute atomic E-state index is 11.8. The van der Waals surface area contributed by atoms with E-state index in [4.69, 9.17) is 11.6 Å². The molecule has 0 spiro atoms. The lowest BCUT2D eigenvalue weighted by atomic mass is 10.1. The Bertz CT molecular complexity index is 573. The number of carbonyl (C=O) groups excluding carboxylic acids is 3. The normalized spacial score (nSPS) is 14.4. The van der Waals surface area contributed by atoms with Gasteiger partial charge in [0.05, 0.1) is 0 Å². The number of nitrogens with zero attached hydrogens (tertiary/aromatic N) is 1. The Balaban J connectivity index is 1.57. The van der Waals surface area contributed by atoms with Crippen molar-refractivity contribution in [2.45, 2.75) is 45.1 Å². The summed E-state index contributed by atoms with van der Waals surface area (Å²) in [5.74, 6) is -0.168. The highest BCUT2D eigenvalue weighted by atomic mass is 35.5.